The lowest BCUT2D eigenvalue weighted by Gasteiger charge is -2.14. The summed E-state index contributed by atoms with van der Waals surface area (Å²) in [7, 11) is -3.71. The van der Waals surface area contributed by atoms with Crippen LogP contribution in [0, 0.1) is 0 Å². The summed E-state index contributed by atoms with van der Waals surface area (Å²) < 4.78 is 32.2. The Labute approximate surface area is 134 Å². The fourth-order valence-electron chi connectivity index (χ4n) is 1.86. The Morgan fingerprint density at radius 3 is 2.57 bits per heavy atom. The highest BCUT2D eigenvalue weighted by Crippen LogP contribution is 2.19. The van der Waals surface area contributed by atoms with Gasteiger partial charge in [0.1, 0.15) is 5.75 Å². The molecule has 0 bridgehead atoms. The van der Waals surface area contributed by atoms with E-state index in [9.17, 15) is 13.2 Å². The molecule has 0 radical (unpaired) electrons. The minimum atomic E-state index is -3.71. The number of hydrogen-bond donors (Lipinski definition) is 2. The van der Waals surface area contributed by atoms with Crippen LogP contribution in [0.5, 0.6) is 5.75 Å². The average Bonchev–Trinajstić information content (AvgIpc) is 2.53. The topological polar surface area (TPSA) is 106 Å². The number of pyridine rings is 1. The van der Waals surface area contributed by atoms with Crippen molar-refractivity contribution < 1.29 is 23.1 Å². The smallest absolute Gasteiger partial charge is 0.341 e. The molecular formula is C15H16N2O5S. The minimum Gasteiger partial charge on any atom is -0.482 e. The zero-order chi connectivity index (χ0) is 16.9. The molecule has 1 aromatic carbocycles. The molecule has 8 heteroatoms. The van der Waals surface area contributed by atoms with Crippen LogP contribution in [0.25, 0.3) is 0 Å². The van der Waals surface area contributed by atoms with Gasteiger partial charge >= 0.3 is 5.97 Å². The van der Waals surface area contributed by atoms with Gasteiger partial charge in [0.2, 0.25) is 10.0 Å². The molecule has 0 aliphatic carbocycles. The zero-order valence-electron chi connectivity index (χ0n) is 12.3. The molecule has 1 unspecified atom stereocenters. The lowest BCUT2D eigenvalue weighted by molar-refractivity contribution is -0.139. The van der Waals surface area contributed by atoms with Gasteiger partial charge in [-0.25, -0.2) is 17.9 Å². The van der Waals surface area contributed by atoms with Gasteiger partial charge in [-0.3, -0.25) is 4.98 Å². The normalized spacial score (nSPS) is 12.6. The van der Waals surface area contributed by atoms with E-state index < -0.39 is 28.6 Å². The monoisotopic (exact) mass is 336 g/mol. The molecule has 23 heavy (non-hydrogen) atoms. The third kappa shape index (κ3) is 4.76. The highest BCUT2D eigenvalue weighted by Gasteiger charge is 2.18. The van der Waals surface area contributed by atoms with Crippen LogP contribution in [0.2, 0.25) is 0 Å². The van der Waals surface area contributed by atoms with Crippen LogP contribution in [0.3, 0.4) is 0 Å². The standard InChI is InChI=1S/C15H16N2O5S/c1-11(12-3-2-8-16-9-12)17-23(20,21)14-6-4-13(5-7-14)22-10-15(18)19/h2-9,11,17H,10H2,1H3,(H,18,19). The molecule has 7 nitrogen and oxygen atoms in total. The largest absolute Gasteiger partial charge is 0.482 e. The van der Waals surface area contributed by atoms with Crippen LogP contribution < -0.4 is 9.46 Å². The molecule has 0 saturated heterocycles. The fourth-order valence-corrected chi connectivity index (χ4v) is 3.09. The number of hydrogen-bond acceptors (Lipinski definition) is 5. The third-order valence-electron chi connectivity index (χ3n) is 3.01. The van der Waals surface area contributed by atoms with Crippen LogP contribution >= 0.6 is 0 Å². The number of carboxylic acid groups (broad SMARTS) is 1. The molecule has 1 atom stereocenters. The van der Waals surface area contributed by atoms with Crippen LogP contribution in [0.1, 0.15) is 18.5 Å². The molecule has 0 saturated carbocycles. The summed E-state index contributed by atoms with van der Waals surface area (Å²) in [5.41, 5.74) is 0.748. The molecule has 122 valence electrons. The molecule has 0 spiro atoms. The first-order valence-electron chi connectivity index (χ1n) is 6.75. The summed E-state index contributed by atoms with van der Waals surface area (Å²) in [6.07, 6.45) is 3.20. The second-order valence-electron chi connectivity index (χ2n) is 4.78. The predicted octanol–water partition coefficient (Wildman–Crippen LogP) is 1.58. The van der Waals surface area contributed by atoms with Crippen molar-refractivity contribution in [1.29, 1.82) is 0 Å². The summed E-state index contributed by atoms with van der Waals surface area (Å²) in [6, 6.07) is 8.61. The average molecular weight is 336 g/mol. The Morgan fingerprint density at radius 1 is 1.30 bits per heavy atom. The van der Waals surface area contributed by atoms with Crippen molar-refractivity contribution in [3.63, 3.8) is 0 Å². The van der Waals surface area contributed by atoms with E-state index in [0.29, 0.717) is 0 Å². The lowest BCUT2D eigenvalue weighted by Crippen LogP contribution is -2.26. The molecule has 0 aliphatic heterocycles. The highest BCUT2D eigenvalue weighted by atomic mass is 32.2. The van der Waals surface area contributed by atoms with E-state index in [1.807, 2.05) is 0 Å². The summed E-state index contributed by atoms with van der Waals surface area (Å²) in [4.78, 5) is 14.4. The molecule has 0 aliphatic rings. The van der Waals surface area contributed by atoms with Crippen molar-refractivity contribution in [2.75, 3.05) is 6.61 Å². The number of carboxylic acids is 1. The SMILES string of the molecule is CC(NS(=O)(=O)c1ccc(OCC(=O)O)cc1)c1cccnc1. The van der Waals surface area contributed by atoms with Crippen molar-refractivity contribution >= 4 is 16.0 Å². The van der Waals surface area contributed by atoms with Crippen molar-refractivity contribution in [3.8, 4) is 5.75 Å². The van der Waals surface area contributed by atoms with Crippen molar-refractivity contribution in [3.05, 3.63) is 54.4 Å². The quantitative estimate of drug-likeness (QED) is 0.795. The molecule has 0 fully saturated rings. The van der Waals surface area contributed by atoms with E-state index in [4.69, 9.17) is 9.84 Å². The number of ether oxygens (including phenoxy) is 1. The van der Waals surface area contributed by atoms with Gasteiger partial charge in [0.05, 0.1) is 4.90 Å². The Balaban J connectivity index is 2.08. The summed E-state index contributed by atoms with van der Waals surface area (Å²) in [6.45, 7) is 1.24. The van der Waals surface area contributed by atoms with E-state index in [0.717, 1.165) is 5.56 Å². The van der Waals surface area contributed by atoms with Crippen molar-refractivity contribution in [1.82, 2.24) is 9.71 Å². The van der Waals surface area contributed by atoms with Crippen LogP contribution in [0.15, 0.2) is 53.7 Å². The molecular weight excluding hydrogens is 320 g/mol. The Hall–Kier alpha value is -2.45. The molecule has 1 heterocycles. The van der Waals surface area contributed by atoms with Gasteiger partial charge in [-0.2, -0.15) is 0 Å². The maximum Gasteiger partial charge on any atom is 0.341 e. The highest BCUT2D eigenvalue weighted by molar-refractivity contribution is 7.89. The van der Waals surface area contributed by atoms with Gasteiger partial charge in [0, 0.05) is 18.4 Å². The number of aromatic nitrogens is 1. The summed E-state index contributed by atoms with van der Waals surface area (Å²) in [5, 5.41) is 8.53. The number of nitrogens with one attached hydrogen (secondary N) is 1. The molecule has 2 rings (SSSR count). The van der Waals surface area contributed by atoms with Crippen molar-refractivity contribution in [2.24, 2.45) is 0 Å². The number of nitrogens with zero attached hydrogens (tertiary/aromatic N) is 1. The summed E-state index contributed by atoms with van der Waals surface area (Å²) >= 11 is 0. The number of sulfonamides is 1. The first kappa shape index (κ1) is 16.9. The first-order valence-corrected chi connectivity index (χ1v) is 8.24. The summed E-state index contributed by atoms with van der Waals surface area (Å²) in [5.74, 6) is -0.819. The van der Waals surface area contributed by atoms with E-state index in [1.165, 1.54) is 24.3 Å². The first-order chi connectivity index (χ1) is 10.9. The van der Waals surface area contributed by atoms with Crippen LogP contribution in [-0.4, -0.2) is 31.1 Å². The number of carbonyl (C=O) groups is 1. The number of benzene rings is 1. The Morgan fingerprint density at radius 2 is 2.00 bits per heavy atom. The minimum absolute atomic E-state index is 0.0657. The second kappa shape index (κ2) is 7.21. The van der Waals surface area contributed by atoms with Gasteiger partial charge in [-0.15, -0.1) is 0 Å². The molecule has 2 N–H and O–H groups in total. The van der Waals surface area contributed by atoms with Gasteiger partial charge in [0.25, 0.3) is 0 Å². The number of aliphatic carboxylic acids is 1. The third-order valence-corrected chi connectivity index (χ3v) is 4.57. The van der Waals surface area contributed by atoms with Gasteiger partial charge in [0.15, 0.2) is 6.61 Å². The van der Waals surface area contributed by atoms with Crippen molar-refractivity contribution in [2.45, 2.75) is 17.9 Å². The van der Waals surface area contributed by atoms with E-state index in [-0.39, 0.29) is 10.6 Å². The van der Waals surface area contributed by atoms with E-state index in [1.54, 1.807) is 31.5 Å². The number of rotatable bonds is 7. The van der Waals surface area contributed by atoms with Gasteiger partial charge in [-0.1, -0.05) is 6.07 Å². The molecule has 2 aromatic rings. The van der Waals surface area contributed by atoms with Crippen LogP contribution in [-0.2, 0) is 14.8 Å². The fraction of sp³-hybridized carbons (Fsp3) is 0.200. The second-order valence-corrected chi connectivity index (χ2v) is 6.50. The zero-order valence-corrected chi connectivity index (χ0v) is 13.2. The Bertz CT molecular complexity index is 760. The van der Waals surface area contributed by atoms with Crippen LogP contribution in [0.4, 0.5) is 0 Å². The van der Waals surface area contributed by atoms with E-state index >= 15 is 0 Å². The Kier molecular flexibility index (Phi) is 5.30. The molecule has 1 aromatic heterocycles. The maximum absolute atomic E-state index is 12.3. The molecule has 0 amide bonds. The maximum atomic E-state index is 12.3. The van der Waals surface area contributed by atoms with Gasteiger partial charge < -0.3 is 9.84 Å². The predicted molar refractivity (Wildman–Crippen MR) is 82.5 cm³/mol. The lowest BCUT2D eigenvalue weighted by atomic mass is 10.2. The van der Waals surface area contributed by atoms with E-state index in [2.05, 4.69) is 9.71 Å². The van der Waals surface area contributed by atoms with Gasteiger partial charge in [-0.05, 0) is 42.8 Å².